The first-order valence-corrected chi connectivity index (χ1v) is 9.82. The van der Waals surface area contributed by atoms with Gasteiger partial charge in [0, 0.05) is 11.6 Å². The van der Waals surface area contributed by atoms with E-state index in [-0.39, 0.29) is 17.2 Å². The maximum atomic E-state index is 12.7. The van der Waals surface area contributed by atoms with Crippen molar-refractivity contribution in [3.8, 4) is 11.5 Å². The molecule has 0 atom stereocenters. The van der Waals surface area contributed by atoms with Crippen molar-refractivity contribution in [1.29, 1.82) is 0 Å². The quantitative estimate of drug-likeness (QED) is 0.414. The zero-order valence-corrected chi connectivity index (χ0v) is 17.0. The molecule has 0 saturated heterocycles. The third-order valence-corrected chi connectivity index (χ3v) is 5.42. The van der Waals surface area contributed by atoms with E-state index >= 15 is 0 Å². The van der Waals surface area contributed by atoms with E-state index in [0.717, 1.165) is 5.56 Å². The molecule has 5 nitrogen and oxygen atoms in total. The molecule has 0 saturated carbocycles. The molecule has 0 unspecified atom stereocenters. The summed E-state index contributed by atoms with van der Waals surface area (Å²) in [4.78, 5) is 31.2. The zero-order chi connectivity index (χ0) is 21.0. The molecule has 5 rings (SSSR count). The highest BCUT2D eigenvalue weighted by atomic mass is 16.3. The molecule has 0 bridgehead atoms. The molecular formula is C25H20N2O3. The van der Waals surface area contributed by atoms with E-state index in [1.54, 1.807) is 42.5 Å². The summed E-state index contributed by atoms with van der Waals surface area (Å²) < 4.78 is 5.97. The molecule has 0 radical (unpaired) electrons. The minimum Gasteiger partial charge on any atom is -0.436 e. The Morgan fingerprint density at radius 3 is 2.07 bits per heavy atom. The van der Waals surface area contributed by atoms with Gasteiger partial charge in [0.1, 0.15) is 5.52 Å². The van der Waals surface area contributed by atoms with Gasteiger partial charge in [0.25, 0.3) is 11.8 Å². The van der Waals surface area contributed by atoms with E-state index in [4.69, 9.17) is 4.42 Å². The van der Waals surface area contributed by atoms with E-state index < -0.39 is 0 Å². The Morgan fingerprint density at radius 2 is 1.47 bits per heavy atom. The highest BCUT2D eigenvalue weighted by Gasteiger charge is 2.36. The molecule has 30 heavy (non-hydrogen) atoms. The summed E-state index contributed by atoms with van der Waals surface area (Å²) in [6, 6.07) is 20.2. The van der Waals surface area contributed by atoms with Crippen molar-refractivity contribution in [3.63, 3.8) is 0 Å². The number of oxazole rings is 1. The number of amides is 2. The van der Waals surface area contributed by atoms with Crippen molar-refractivity contribution in [1.82, 2.24) is 4.98 Å². The maximum absolute atomic E-state index is 12.7. The van der Waals surface area contributed by atoms with Gasteiger partial charge in [-0.1, -0.05) is 45.0 Å². The van der Waals surface area contributed by atoms with Gasteiger partial charge in [0.2, 0.25) is 5.89 Å². The number of fused-ring (bicyclic) bond motifs is 2. The third kappa shape index (κ3) is 2.82. The molecule has 2 heterocycles. The van der Waals surface area contributed by atoms with Gasteiger partial charge in [-0.15, -0.1) is 0 Å². The summed E-state index contributed by atoms with van der Waals surface area (Å²) in [6.07, 6.45) is 0. The SMILES string of the molecule is CC(C)(C)c1ccc(-c2nc3ccc(N4C(=O)c5ccccc5C4=O)cc3o2)cc1. The minimum absolute atomic E-state index is 0.0706. The monoisotopic (exact) mass is 396 g/mol. The van der Waals surface area contributed by atoms with Crippen molar-refractivity contribution >= 4 is 28.6 Å². The summed E-state index contributed by atoms with van der Waals surface area (Å²) in [5.41, 5.74) is 4.68. The maximum Gasteiger partial charge on any atom is 0.266 e. The summed E-state index contributed by atoms with van der Waals surface area (Å²) in [5.74, 6) is -0.148. The van der Waals surface area contributed by atoms with Gasteiger partial charge in [0.05, 0.1) is 16.8 Å². The number of benzene rings is 3. The molecule has 0 fully saturated rings. The first-order valence-electron chi connectivity index (χ1n) is 9.82. The number of anilines is 1. The van der Waals surface area contributed by atoms with Crippen molar-refractivity contribution in [2.75, 3.05) is 4.90 Å². The molecule has 1 aromatic heterocycles. The average molecular weight is 396 g/mol. The van der Waals surface area contributed by atoms with Gasteiger partial charge in [-0.25, -0.2) is 9.88 Å². The first-order chi connectivity index (χ1) is 14.3. The Morgan fingerprint density at radius 1 is 0.833 bits per heavy atom. The summed E-state index contributed by atoms with van der Waals surface area (Å²) in [5, 5.41) is 0. The molecule has 5 heteroatoms. The lowest BCUT2D eigenvalue weighted by atomic mass is 9.87. The van der Waals surface area contributed by atoms with E-state index in [1.165, 1.54) is 10.5 Å². The standard InChI is InChI=1S/C25H20N2O3/c1-25(2,3)16-10-8-15(9-11-16)22-26-20-13-12-17(14-21(20)30-22)27-23(28)18-6-4-5-7-19(18)24(27)29/h4-14H,1-3H3. The second kappa shape index (κ2) is 6.39. The molecule has 0 spiro atoms. The zero-order valence-electron chi connectivity index (χ0n) is 17.0. The largest absolute Gasteiger partial charge is 0.436 e. The Labute approximate surface area is 174 Å². The number of nitrogens with zero attached hydrogens (tertiary/aromatic N) is 2. The molecule has 0 N–H and O–H groups in total. The van der Waals surface area contributed by atoms with Crippen molar-refractivity contribution < 1.29 is 14.0 Å². The average Bonchev–Trinajstić information content (AvgIpc) is 3.26. The Kier molecular flexibility index (Phi) is 3.90. The highest BCUT2D eigenvalue weighted by molar-refractivity contribution is 6.34. The van der Waals surface area contributed by atoms with Gasteiger partial charge in [-0.2, -0.15) is 0 Å². The van der Waals surface area contributed by atoms with Crippen molar-refractivity contribution in [3.05, 3.63) is 83.4 Å². The van der Waals surface area contributed by atoms with Crippen LogP contribution in [0.3, 0.4) is 0 Å². The molecule has 1 aliphatic rings. The van der Waals surface area contributed by atoms with Crippen LogP contribution in [0.2, 0.25) is 0 Å². The van der Waals surface area contributed by atoms with Crippen LogP contribution in [0.5, 0.6) is 0 Å². The van der Waals surface area contributed by atoms with Gasteiger partial charge < -0.3 is 4.42 Å². The second-order valence-corrected chi connectivity index (χ2v) is 8.49. The predicted octanol–water partition coefficient (Wildman–Crippen LogP) is 5.59. The molecule has 2 amide bonds. The lowest BCUT2D eigenvalue weighted by molar-refractivity contribution is 0.0926. The van der Waals surface area contributed by atoms with Crippen molar-refractivity contribution in [2.24, 2.45) is 0 Å². The fourth-order valence-electron chi connectivity index (χ4n) is 3.71. The predicted molar refractivity (Wildman–Crippen MR) is 116 cm³/mol. The number of carbonyl (C=O) groups is 2. The van der Waals surface area contributed by atoms with Crippen LogP contribution in [0.25, 0.3) is 22.6 Å². The van der Waals surface area contributed by atoms with Crippen LogP contribution >= 0.6 is 0 Å². The van der Waals surface area contributed by atoms with Crippen LogP contribution < -0.4 is 4.90 Å². The van der Waals surface area contributed by atoms with E-state index in [0.29, 0.717) is 33.8 Å². The van der Waals surface area contributed by atoms with E-state index in [9.17, 15) is 9.59 Å². The lowest BCUT2D eigenvalue weighted by Crippen LogP contribution is -2.29. The number of hydrogen-bond acceptors (Lipinski definition) is 4. The van der Waals surface area contributed by atoms with Crippen LogP contribution in [-0.4, -0.2) is 16.8 Å². The van der Waals surface area contributed by atoms with Gasteiger partial charge >= 0.3 is 0 Å². The molecule has 3 aromatic carbocycles. The van der Waals surface area contributed by atoms with Gasteiger partial charge in [0.15, 0.2) is 5.58 Å². The van der Waals surface area contributed by atoms with Crippen LogP contribution in [0.15, 0.2) is 71.1 Å². The van der Waals surface area contributed by atoms with Crippen LogP contribution in [0.4, 0.5) is 5.69 Å². The van der Waals surface area contributed by atoms with E-state index in [1.807, 2.05) is 12.1 Å². The molecular weight excluding hydrogens is 376 g/mol. The number of rotatable bonds is 2. The van der Waals surface area contributed by atoms with Gasteiger partial charge in [-0.3, -0.25) is 9.59 Å². The smallest absolute Gasteiger partial charge is 0.266 e. The van der Waals surface area contributed by atoms with Crippen LogP contribution in [0, 0.1) is 0 Å². The van der Waals surface area contributed by atoms with E-state index in [2.05, 4.69) is 37.9 Å². The Balaban J connectivity index is 1.51. The summed E-state index contributed by atoms with van der Waals surface area (Å²) in [6.45, 7) is 6.51. The topological polar surface area (TPSA) is 63.4 Å². The second-order valence-electron chi connectivity index (χ2n) is 8.49. The van der Waals surface area contributed by atoms with Crippen molar-refractivity contribution in [2.45, 2.75) is 26.2 Å². The van der Waals surface area contributed by atoms with Crippen LogP contribution in [0.1, 0.15) is 47.1 Å². The van der Waals surface area contributed by atoms with Crippen LogP contribution in [-0.2, 0) is 5.41 Å². The lowest BCUT2D eigenvalue weighted by Gasteiger charge is -2.18. The third-order valence-electron chi connectivity index (χ3n) is 5.42. The Bertz CT molecular complexity index is 1280. The number of carbonyl (C=O) groups excluding carboxylic acids is 2. The Hall–Kier alpha value is -3.73. The fraction of sp³-hybridized carbons (Fsp3) is 0.160. The minimum atomic E-state index is -0.326. The first kappa shape index (κ1) is 18.3. The molecule has 148 valence electrons. The van der Waals surface area contributed by atoms with Gasteiger partial charge in [-0.05, 0) is 47.4 Å². The molecule has 1 aliphatic heterocycles. The highest BCUT2D eigenvalue weighted by Crippen LogP contribution is 2.33. The normalized spacial score (nSPS) is 13.9. The molecule has 4 aromatic rings. The fourth-order valence-corrected chi connectivity index (χ4v) is 3.71. The number of imide groups is 1. The molecule has 0 aliphatic carbocycles. The number of hydrogen-bond donors (Lipinski definition) is 0. The summed E-state index contributed by atoms with van der Waals surface area (Å²) in [7, 11) is 0. The summed E-state index contributed by atoms with van der Waals surface area (Å²) >= 11 is 0. The number of aromatic nitrogens is 1.